The van der Waals surface area contributed by atoms with Gasteiger partial charge in [0, 0.05) is 61.5 Å². The van der Waals surface area contributed by atoms with Crippen LogP contribution in [0.4, 0.5) is 10.9 Å². The highest BCUT2D eigenvalue weighted by molar-refractivity contribution is 7.13. The topological polar surface area (TPSA) is 88.8 Å². The van der Waals surface area contributed by atoms with Crippen LogP contribution in [0.25, 0.3) is 6.08 Å². The second-order valence-corrected chi connectivity index (χ2v) is 7.63. The third-order valence-electron chi connectivity index (χ3n) is 4.59. The Hall–Kier alpha value is -3.07. The number of hydrogen-bond acceptors (Lipinski definition) is 7. The minimum atomic E-state index is 0.0123. The third kappa shape index (κ3) is 4.25. The van der Waals surface area contributed by atoms with E-state index in [9.17, 15) is 4.79 Å². The van der Waals surface area contributed by atoms with E-state index in [2.05, 4.69) is 25.4 Å². The minimum absolute atomic E-state index is 0.0123. The van der Waals surface area contributed by atoms with Crippen molar-refractivity contribution in [2.45, 2.75) is 19.3 Å². The number of nitrogens with zero attached hydrogens (tertiary/aromatic N) is 6. The fourth-order valence-corrected chi connectivity index (χ4v) is 3.80. The van der Waals surface area contributed by atoms with Crippen LogP contribution < -0.4 is 5.32 Å². The van der Waals surface area contributed by atoms with E-state index in [1.807, 2.05) is 36.5 Å². The number of carbonyl (C=O) groups excluding carboxylic acids is 1. The van der Waals surface area contributed by atoms with Gasteiger partial charge in [-0.1, -0.05) is 0 Å². The Morgan fingerprint density at radius 3 is 3.04 bits per heavy atom. The zero-order valence-corrected chi connectivity index (χ0v) is 16.6. The molecule has 3 aromatic heterocycles. The quantitative estimate of drug-likeness (QED) is 0.668. The van der Waals surface area contributed by atoms with Crippen molar-refractivity contribution in [1.29, 1.82) is 0 Å². The number of aryl methyl sites for hydroxylation is 2. The van der Waals surface area contributed by atoms with E-state index < -0.39 is 0 Å². The lowest BCUT2D eigenvalue weighted by atomic mass is 10.0. The Bertz CT molecular complexity index is 996. The van der Waals surface area contributed by atoms with Gasteiger partial charge in [-0.05, 0) is 19.4 Å². The molecule has 0 saturated carbocycles. The molecular weight excluding hydrogens is 374 g/mol. The number of aromatic nitrogens is 5. The van der Waals surface area contributed by atoms with Gasteiger partial charge in [0.05, 0.1) is 11.9 Å². The normalized spacial score (nSPS) is 16.8. The summed E-state index contributed by atoms with van der Waals surface area (Å²) in [4.78, 5) is 27.6. The summed E-state index contributed by atoms with van der Waals surface area (Å²) < 4.78 is 1.71. The molecule has 1 amide bonds. The summed E-state index contributed by atoms with van der Waals surface area (Å²) in [6.45, 7) is 3.26. The molecule has 0 radical (unpaired) electrons. The number of rotatable bonds is 5. The molecule has 4 rings (SSSR count). The molecule has 28 heavy (non-hydrogen) atoms. The van der Waals surface area contributed by atoms with Gasteiger partial charge in [0.1, 0.15) is 11.6 Å². The number of amides is 1. The van der Waals surface area contributed by atoms with Crippen molar-refractivity contribution in [1.82, 2.24) is 29.6 Å². The molecule has 8 nitrogen and oxygen atoms in total. The number of hydrogen-bond donors (Lipinski definition) is 1. The van der Waals surface area contributed by atoms with Crippen molar-refractivity contribution in [3.63, 3.8) is 0 Å². The highest BCUT2D eigenvalue weighted by atomic mass is 32.1. The van der Waals surface area contributed by atoms with Gasteiger partial charge in [-0.25, -0.2) is 15.0 Å². The van der Waals surface area contributed by atoms with Crippen LogP contribution in [0.1, 0.15) is 29.4 Å². The average molecular weight is 395 g/mol. The largest absolute Gasteiger partial charge is 0.338 e. The molecule has 0 aromatic carbocycles. The standard InChI is InChI=1S/C19H21N7OS/c1-13-22-16(9-17(23-13)24-19-20-6-8-28-19)15-5-7-26(12-15)18(27)4-3-14-10-21-25(2)11-14/h3-4,6,8-11,15H,5,7,12H2,1-2H3,(H,20,22,23,24)/b4-3+. The first-order valence-electron chi connectivity index (χ1n) is 9.04. The molecule has 1 fully saturated rings. The van der Waals surface area contributed by atoms with Crippen LogP contribution in [0, 0.1) is 6.92 Å². The molecule has 4 heterocycles. The van der Waals surface area contributed by atoms with Crippen LogP contribution in [-0.4, -0.2) is 48.6 Å². The van der Waals surface area contributed by atoms with Gasteiger partial charge in [-0.15, -0.1) is 11.3 Å². The summed E-state index contributed by atoms with van der Waals surface area (Å²) in [5, 5.41) is 10.0. The van der Waals surface area contributed by atoms with E-state index in [4.69, 9.17) is 0 Å². The highest BCUT2D eigenvalue weighted by Crippen LogP contribution is 2.28. The van der Waals surface area contributed by atoms with Gasteiger partial charge in [0.25, 0.3) is 0 Å². The predicted molar refractivity (Wildman–Crippen MR) is 108 cm³/mol. The van der Waals surface area contributed by atoms with E-state index in [0.29, 0.717) is 12.4 Å². The minimum Gasteiger partial charge on any atom is -0.338 e. The van der Waals surface area contributed by atoms with E-state index in [0.717, 1.165) is 35.2 Å². The number of anilines is 2. The number of nitrogens with one attached hydrogen (secondary N) is 1. The molecule has 1 unspecified atom stereocenters. The van der Waals surface area contributed by atoms with Crippen molar-refractivity contribution in [3.05, 3.63) is 53.2 Å². The van der Waals surface area contributed by atoms with Crippen molar-refractivity contribution in [3.8, 4) is 0 Å². The third-order valence-corrected chi connectivity index (χ3v) is 5.28. The van der Waals surface area contributed by atoms with Gasteiger partial charge in [0.2, 0.25) is 5.91 Å². The summed E-state index contributed by atoms with van der Waals surface area (Å²) >= 11 is 1.52. The Labute approximate surface area is 167 Å². The summed E-state index contributed by atoms with van der Waals surface area (Å²) in [5.41, 5.74) is 1.87. The molecule has 9 heteroatoms. The van der Waals surface area contributed by atoms with Crippen LogP contribution in [0.15, 0.2) is 36.1 Å². The second-order valence-electron chi connectivity index (χ2n) is 6.74. The smallest absolute Gasteiger partial charge is 0.246 e. The van der Waals surface area contributed by atoms with Gasteiger partial charge >= 0.3 is 0 Å². The van der Waals surface area contributed by atoms with Gasteiger partial charge in [0.15, 0.2) is 5.13 Å². The van der Waals surface area contributed by atoms with Crippen molar-refractivity contribution >= 4 is 34.3 Å². The summed E-state index contributed by atoms with van der Waals surface area (Å²) in [7, 11) is 1.85. The molecule has 1 aliphatic heterocycles. The molecule has 0 aliphatic carbocycles. The highest BCUT2D eigenvalue weighted by Gasteiger charge is 2.27. The lowest BCUT2D eigenvalue weighted by Crippen LogP contribution is -2.26. The fourth-order valence-electron chi connectivity index (χ4n) is 3.26. The van der Waals surface area contributed by atoms with Crippen LogP contribution in [-0.2, 0) is 11.8 Å². The van der Waals surface area contributed by atoms with E-state index in [1.54, 1.807) is 29.2 Å². The molecular formula is C19H21N7OS. The zero-order chi connectivity index (χ0) is 19.5. The maximum Gasteiger partial charge on any atom is 0.246 e. The summed E-state index contributed by atoms with van der Waals surface area (Å²) in [6, 6.07) is 1.96. The molecule has 1 atom stereocenters. The molecule has 1 N–H and O–H groups in total. The van der Waals surface area contributed by atoms with Gasteiger partial charge in [-0.2, -0.15) is 5.10 Å². The average Bonchev–Trinajstić information content (AvgIpc) is 3.41. The fraction of sp³-hybridized carbons (Fsp3) is 0.316. The molecule has 0 bridgehead atoms. The first kappa shape index (κ1) is 18.3. The lowest BCUT2D eigenvalue weighted by Gasteiger charge is -2.15. The Morgan fingerprint density at radius 2 is 2.29 bits per heavy atom. The van der Waals surface area contributed by atoms with Crippen LogP contribution in [0.2, 0.25) is 0 Å². The van der Waals surface area contributed by atoms with E-state index in [1.165, 1.54) is 11.3 Å². The molecule has 1 saturated heterocycles. The molecule has 1 aliphatic rings. The van der Waals surface area contributed by atoms with Crippen LogP contribution in [0.3, 0.4) is 0 Å². The maximum atomic E-state index is 12.5. The van der Waals surface area contributed by atoms with E-state index >= 15 is 0 Å². The maximum absolute atomic E-state index is 12.5. The Morgan fingerprint density at radius 1 is 1.39 bits per heavy atom. The SMILES string of the molecule is Cc1nc(Nc2nccs2)cc(C2CCN(C(=O)/C=C/c3cnn(C)c3)C2)n1. The van der Waals surface area contributed by atoms with Crippen molar-refractivity contribution in [2.24, 2.45) is 7.05 Å². The lowest BCUT2D eigenvalue weighted by molar-refractivity contribution is -0.124. The Balaban J connectivity index is 1.42. The molecule has 144 valence electrons. The zero-order valence-electron chi connectivity index (χ0n) is 15.7. The van der Waals surface area contributed by atoms with E-state index in [-0.39, 0.29) is 11.8 Å². The molecule has 3 aromatic rings. The number of thiazole rings is 1. The first-order chi connectivity index (χ1) is 13.6. The first-order valence-corrected chi connectivity index (χ1v) is 9.92. The van der Waals surface area contributed by atoms with Crippen LogP contribution in [0.5, 0.6) is 0 Å². The molecule has 0 spiro atoms. The van der Waals surface area contributed by atoms with Gasteiger partial charge < -0.3 is 10.2 Å². The van der Waals surface area contributed by atoms with Crippen molar-refractivity contribution in [2.75, 3.05) is 18.4 Å². The summed E-state index contributed by atoms with van der Waals surface area (Å²) in [6.07, 6.45) is 9.66. The summed E-state index contributed by atoms with van der Waals surface area (Å²) in [5.74, 6) is 1.66. The number of carbonyl (C=O) groups is 1. The monoisotopic (exact) mass is 395 g/mol. The van der Waals surface area contributed by atoms with Gasteiger partial charge in [-0.3, -0.25) is 9.48 Å². The number of likely N-dealkylation sites (tertiary alicyclic amines) is 1. The predicted octanol–water partition coefficient (Wildman–Crippen LogP) is 2.75. The van der Waals surface area contributed by atoms with Crippen molar-refractivity contribution < 1.29 is 4.79 Å². The van der Waals surface area contributed by atoms with Crippen LogP contribution >= 0.6 is 11.3 Å². The second kappa shape index (κ2) is 7.89. The Kier molecular flexibility index (Phi) is 5.16.